The van der Waals surface area contributed by atoms with Crippen LogP contribution in [0.5, 0.6) is 0 Å². The van der Waals surface area contributed by atoms with E-state index in [1.165, 1.54) is 0 Å². The van der Waals surface area contributed by atoms with Gasteiger partial charge in [-0.25, -0.2) is 0 Å². The molecule has 2 aromatic carbocycles. The van der Waals surface area contributed by atoms with Crippen LogP contribution in [-0.2, 0) is 0 Å². The maximum Gasteiger partial charge on any atom is 0.257 e. The molecule has 0 aliphatic carbocycles. The van der Waals surface area contributed by atoms with Crippen molar-refractivity contribution in [3.8, 4) is 11.8 Å². The minimum Gasteiger partial charge on any atom is -0.384 e. The molecule has 0 radical (unpaired) electrons. The summed E-state index contributed by atoms with van der Waals surface area (Å²) < 4.78 is 0. The van der Waals surface area contributed by atoms with E-state index in [1.54, 1.807) is 42.5 Å². The molecule has 0 spiro atoms. The van der Waals surface area contributed by atoms with Gasteiger partial charge in [0.15, 0.2) is 0 Å². The van der Waals surface area contributed by atoms with E-state index in [4.69, 9.17) is 28.3 Å². The van der Waals surface area contributed by atoms with Gasteiger partial charge in [-0.3, -0.25) is 4.79 Å². The molecule has 1 amide bonds. The molecule has 0 heterocycles. The van der Waals surface area contributed by atoms with Crippen LogP contribution in [0, 0.1) is 11.8 Å². The van der Waals surface area contributed by atoms with Gasteiger partial charge in [0.05, 0.1) is 15.6 Å². The Hall–Kier alpha value is -1.99. The van der Waals surface area contributed by atoms with Gasteiger partial charge >= 0.3 is 0 Å². The molecule has 0 unspecified atom stereocenters. The zero-order valence-electron chi connectivity index (χ0n) is 10.9. The number of anilines is 1. The number of nitrogens with one attached hydrogen (secondary N) is 1. The van der Waals surface area contributed by atoms with Crippen molar-refractivity contribution in [2.24, 2.45) is 0 Å². The topological polar surface area (TPSA) is 49.3 Å². The number of benzene rings is 2. The second-order valence-corrected chi connectivity index (χ2v) is 4.88. The molecule has 0 fully saturated rings. The van der Waals surface area contributed by atoms with Gasteiger partial charge in [-0.1, -0.05) is 47.2 Å². The van der Waals surface area contributed by atoms with Crippen LogP contribution in [0.4, 0.5) is 5.69 Å². The van der Waals surface area contributed by atoms with Crippen LogP contribution in [0.1, 0.15) is 15.9 Å². The first-order chi connectivity index (χ1) is 10.1. The summed E-state index contributed by atoms with van der Waals surface area (Å²) in [4.78, 5) is 12.2. The first-order valence-electron chi connectivity index (χ1n) is 6.07. The van der Waals surface area contributed by atoms with Crippen LogP contribution < -0.4 is 5.32 Å². The molecule has 0 bridgehead atoms. The van der Waals surface area contributed by atoms with Gasteiger partial charge in [0.1, 0.15) is 6.61 Å². The lowest BCUT2D eigenvalue weighted by atomic mass is 10.1. The molecular formula is C16H11Cl2NO2. The van der Waals surface area contributed by atoms with Crippen molar-refractivity contribution in [2.45, 2.75) is 0 Å². The fourth-order valence-electron chi connectivity index (χ4n) is 1.69. The van der Waals surface area contributed by atoms with Crippen molar-refractivity contribution in [3.05, 3.63) is 63.6 Å². The number of carbonyl (C=O) groups is 1. The van der Waals surface area contributed by atoms with Gasteiger partial charge in [-0.2, -0.15) is 0 Å². The fraction of sp³-hybridized carbons (Fsp3) is 0.0625. The highest BCUT2D eigenvalue weighted by Gasteiger charge is 2.12. The molecule has 3 nitrogen and oxygen atoms in total. The van der Waals surface area contributed by atoms with Crippen molar-refractivity contribution >= 4 is 34.8 Å². The first kappa shape index (κ1) is 15.4. The molecule has 0 saturated heterocycles. The Morgan fingerprint density at radius 1 is 1.19 bits per heavy atom. The van der Waals surface area contributed by atoms with Crippen LogP contribution in [-0.4, -0.2) is 17.6 Å². The summed E-state index contributed by atoms with van der Waals surface area (Å²) in [6.07, 6.45) is 0. The molecule has 2 N–H and O–H groups in total. The maximum atomic E-state index is 12.2. The number of rotatable bonds is 2. The molecule has 21 heavy (non-hydrogen) atoms. The number of hydrogen-bond acceptors (Lipinski definition) is 2. The average molecular weight is 320 g/mol. The summed E-state index contributed by atoms with van der Waals surface area (Å²) in [6, 6.07) is 11.9. The Morgan fingerprint density at radius 3 is 2.71 bits per heavy atom. The predicted octanol–water partition coefficient (Wildman–Crippen LogP) is 3.59. The van der Waals surface area contributed by atoms with E-state index in [0.29, 0.717) is 21.8 Å². The van der Waals surface area contributed by atoms with Crippen molar-refractivity contribution in [2.75, 3.05) is 11.9 Å². The second-order valence-electron chi connectivity index (χ2n) is 4.10. The Bertz CT molecular complexity index is 733. The molecule has 0 aliphatic rings. The van der Waals surface area contributed by atoms with Crippen LogP contribution >= 0.6 is 23.2 Å². The van der Waals surface area contributed by atoms with E-state index in [1.807, 2.05) is 0 Å². The Balaban J connectivity index is 2.22. The lowest BCUT2D eigenvalue weighted by Crippen LogP contribution is -2.12. The minimum absolute atomic E-state index is 0.214. The summed E-state index contributed by atoms with van der Waals surface area (Å²) in [5.74, 6) is 4.97. The van der Waals surface area contributed by atoms with Gasteiger partial charge in [-0.05, 0) is 30.3 Å². The van der Waals surface area contributed by atoms with Gasteiger partial charge in [0, 0.05) is 11.3 Å². The number of aliphatic hydroxyl groups excluding tert-OH is 1. The number of hydrogen-bond donors (Lipinski definition) is 2. The number of carbonyl (C=O) groups excluding carboxylic acids is 1. The van der Waals surface area contributed by atoms with Crippen molar-refractivity contribution in [1.29, 1.82) is 0 Å². The number of aliphatic hydroxyl groups is 1. The molecule has 2 rings (SSSR count). The molecule has 0 aromatic heterocycles. The van der Waals surface area contributed by atoms with Gasteiger partial charge in [-0.15, -0.1) is 0 Å². The highest BCUT2D eigenvalue weighted by molar-refractivity contribution is 6.44. The Morgan fingerprint density at radius 2 is 1.95 bits per heavy atom. The van der Waals surface area contributed by atoms with Crippen molar-refractivity contribution in [3.63, 3.8) is 0 Å². The highest BCUT2D eigenvalue weighted by atomic mass is 35.5. The summed E-state index contributed by atoms with van der Waals surface area (Å²) in [5.41, 5.74) is 1.58. The van der Waals surface area contributed by atoms with Gasteiger partial charge < -0.3 is 10.4 Å². The number of amides is 1. The molecule has 0 atom stereocenters. The van der Waals surface area contributed by atoms with E-state index in [2.05, 4.69) is 17.2 Å². The third-order valence-electron chi connectivity index (χ3n) is 2.63. The van der Waals surface area contributed by atoms with Crippen molar-refractivity contribution < 1.29 is 9.90 Å². The number of halogens is 2. The van der Waals surface area contributed by atoms with E-state index in [0.717, 1.165) is 0 Å². The maximum absolute atomic E-state index is 12.2. The molecule has 0 saturated carbocycles. The summed E-state index contributed by atoms with van der Waals surface area (Å²) >= 11 is 11.9. The monoisotopic (exact) mass is 319 g/mol. The zero-order chi connectivity index (χ0) is 15.2. The molecule has 0 aliphatic heterocycles. The third kappa shape index (κ3) is 3.99. The quantitative estimate of drug-likeness (QED) is 0.831. The average Bonchev–Trinajstić information content (AvgIpc) is 2.48. The summed E-state index contributed by atoms with van der Waals surface area (Å²) in [7, 11) is 0. The van der Waals surface area contributed by atoms with Crippen LogP contribution in [0.15, 0.2) is 42.5 Å². The standard InChI is InChI=1S/C16H11Cl2NO2/c17-14-8-2-7-13(15(14)18)16(21)19-12-6-1-4-11(10-12)5-3-9-20/h1-2,4,6-8,10,20H,9H2,(H,19,21). The first-order valence-corrected chi connectivity index (χ1v) is 6.82. The van der Waals surface area contributed by atoms with E-state index < -0.39 is 0 Å². The summed E-state index contributed by atoms with van der Waals surface area (Å²) in [6.45, 7) is -0.214. The third-order valence-corrected chi connectivity index (χ3v) is 3.45. The van der Waals surface area contributed by atoms with Gasteiger partial charge in [0.25, 0.3) is 5.91 Å². The van der Waals surface area contributed by atoms with E-state index in [9.17, 15) is 4.79 Å². The second kappa shape index (κ2) is 7.14. The van der Waals surface area contributed by atoms with E-state index >= 15 is 0 Å². The highest BCUT2D eigenvalue weighted by Crippen LogP contribution is 2.26. The Kier molecular flexibility index (Phi) is 5.24. The van der Waals surface area contributed by atoms with Crippen LogP contribution in [0.3, 0.4) is 0 Å². The zero-order valence-corrected chi connectivity index (χ0v) is 12.4. The molecule has 2 aromatic rings. The van der Waals surface area contributed by atoms with Crippen LogP contribution in [0.2, 0.25) is 10.0 Å². The van der Waals surface area contributed by atoms with Crippen molar-refractivity contribution in [1.82, 2.24) is 0 Å². The lowest BCUT2D eigenvalue weighted by molar-refractivity contribution is 0.102. The van der Waals surface area contributed by atoms with Crippen LogP contribution in [0.25, 0.3) is 0 Å². The van der Waals surface area contributed by atoms with E-state index in [-0.39, 0.29) is 17.5 Å². The largest absolute Gasteiger partial charge is 0.384 e. The Labute approximate surface area is 132 Å². The van der Waals surface area contributed by atoms with Gasteiger partial charge in [0.2, 0.25) is 0 Å². The molecular weight excluding hydrogens is 309 g/mol. The fourth-order valence-corrected chi connectivity index (χ4v) is 2.08. The molecule has 5 heteroatoms. The smallest absolute Gasteiger partial charge is 0.257 e. The SMILES string of the molecule is O=C(Nc1cccc(C#CCO)c1)c1cccc(Cl)c1Cl. The predicted molar refractivity (Wildman–Crippen MR) is 84.8 cm³/mol. The summed E-state index contributed by atoms with van der Waals surface area (Å²) in [5, 5.41) is 11.9. The molecule has 106 valence electrons. The normalized spacial score (nSPS) is 9.67. The lowest BCUT2D eigenvalue weighted by Gasteiger charge is -2.08. The minimum atomic E-state index is -0.352.